The largest absolute Gasteiger partial charge is 0 e. The molecule has 4 nitrogen and oxygen atoms in total. The van der Waals surface area contributed by atoms with Crippen LogP contribution in [-0.2, 0) is 52.7 Å². The molecule has 0 bridgehead atoms. The summed E-state index contributed by atoms with van der Waals surface area (Å²) in [6.07, 6.45) is 13.7. The van der Waals surface area contributed by atoms with Gasteiger partial charge in [-0.25, -0.2) is 0 Å². The van der Waals surface area contributed by atoms with Crippen molar-refractivity contribution < 1.29 is 52.7 Å². The summed E-state index contributed by atoms with van der Waals surface area (Å²) < 4.78 is 30.0. The van der Waals surface area contributed by atoms with E-state index >= 15 is 0 Å². The maximum absolute atomic E-state index is 7.50. The molecule has 0 amide bonds. The van der Waals surface area contributed by atoms with Gasteiger partial charge in [0.05, 0.1) is 0 Å². The zero-order valence-electron chi connectivity index (χ0n) is 23.8. The quantitative estimate of drug-likeness (QED) is 0.162. The standard InChI is InChI=1S/2C13H21.4CO.2Fe/c2*1-12(2,3)10-7-8-11(9-10)13(4,5)6;4*1-2;;/h2*7-9H,1-6H3;;;;;;. The van der Waals surface area contributed by atoms with E-state index in [9.17, 15) is 0 Å². The first-order valence-corrected chi connectivity index (χ1v) is 10.8. The van der Waals surface area contributed by atoms with Gasteiger partial charge in [0.2, 0.25) is 0 Å². The second-order valence-corrected chi connectivity index (χ2v) is 11.8. The molecule has 10 radical (unpaired) electrons. The molecule has 2 rings (SSSR count). The van der Waals surface area contributed by atoms with Gasteiger partial charge in [-0.15, -0.1) is 0 Å². The van der Waals surface area contributed by atoms with Crippen molar-refractivity contribution in [2.45, 2.75) is 83.1 Å². The predicted octanol–water partition coefficient (Wildman–Crippen LogP) is 7.55. The Balaban J connectivity index is -0.0000000936. The maximum Gasteiger partial charge on any atom is 0 e. The van der Waals surface area contributed by atoms with Gasteiger partial charge in [0.15, 0.2) is 0 Å². The van der Waals surface area contributed by atoms with Gasteiger partial charge in [0.1, 0.15) is 0 Å². The van der Waals surface area contributed by atoms with Gasteiger partial charge < -0.3 is 0 Å². The molecule has 0 heterocycles. The number of hydrogen-bond acceptors (Lipinski definition) is 0. The van der Waals surface area contributed by atoms with Gasteiger partial charge in [-0.1, -0.05) is 83.1 Å². The van der Waals surface area contributed by atoms with Crippen LogP contribution in [0.15, 0.2) is 0 Å². The third-order valence-electron chi connectivity index (χ3n) is 4.97. The van der Waals surface area contributed by atoms with Gasteiger partial charge in [0.25, 0.3) is 0 Å². The third kappa shape index (κ3) is 21.0. The summed E-state index contributed by atoms with van der Waals surface area (Å²) in [7, 11) is 0. The van der Waals surface area contributed by atoms with Crippen LogP contribution in [-0.4, -0.2) is 0 Å². The third-order valence-corrected chi connectivity index (χ3v) is 4.97. The SMILES string of the molecule is CC(C)(C)[C]1[CH][CH][C](C(C)(C)C)[CH]1.CC(C)(C)[C]1[CH][CH][C](C(C)(C)C)[CH]1.[C-]#[O+].[C-]#[O+].[C-]#[O+].[C-]#[O+].[Fe].[Fe]. The Bertz CT molecular complexity index is 487. The van der Waals surface area contributed by atoms with Crippen molar-refractivity contribution >= 4 is 0 Å². The van der Waals surface area contributed by atoms with Crippen LogP contribution in [0, 0.1) is 110 Å². The summed E-state index contributed by atoms with van der Waals surface area (Å²) in [6, 6.07) is 0. The molecule has 0 spiro atoms. The molecular formula is C30H42Fe2O4. The van der Waals surface area contributed by atoms with Crippen molar-refractivity contribution in [1.29, 1.82) is 0 Å². The molecule has 202 valence electrons. The molecular weight excluding hydrogens is 536 g/mol. The molecule has 0 aromatic rings. The van der Waals surface area contributed by atoms with E-state index in [1.807, 2.05) is 0 Å². The van der Waals surface area contributed by atoms with E-state index in [1.54, 1.807) is 0 Å². The second kappa shape index (κ2) is 22.9. The average molecular weight is 578 g/mol. The molecule has 36 heavy (non-hydrogen) atoms. The monoisotopic (exact) mass is 578 g/mol. The van der Waals surface area contributed by atoms with Crippen molar-refractivity contribution in [1.82, 2.24) is 0 Å². The van der Waals surface area contributed by atoms with Crippen LogP contribution in [0.3, 0.4) is 0 Å². The van der Waals surface area contributed by atoms with Crippen LogP contribution in [0.2, 0.25) is 0 Å². The Morgan fingerprint density at radius 1 is 0.361 bits per heavy atom. The van der Waals surface area contributed by atoms with E-state index in [1.165, 1.54) is 23.7 Å². The Morgan fingerprint density at radius 2 is 0.472 bits per heavy atom. The average Bonchev–Trinajstić information content (AvgIpc) is 3.44. The molecule has 0 N–H and O–H groups in total. The van der Waals surface area contributed by atoms with E-state index in [0.29, 0.717) is 0 Å². The van der Waals surface area contributed by atoms with E-state index in [-0.39, 0.29) is 55.8 Å². The molecule has 6 heteroatoms. The Kier molecular flexibility index (Phi) is 31.2. The maximum atomic E-state index is 7.50. The number of rotatable bonds is 0. The summed E-state index contributed by atoms with van der Waals surface area (Å²) in [4.78, 5) is 0. The van der Waals surface area contributed by atoms with Crippen LogP contribution in [0.4, 0.5) is 0 Å². The van der Waals surface area contributed by atoms with Crippen LogP contribution in [0.1, 0.15) is 83.1 Å². The van der Waals surface area contributed by atoms with Gasteiger partial charge in [-0.3, -0.25) is 0 Å². The smallest absolute Gasteiger partial charge is 0 e. The van der Waals surface area contributed by atoms with E-state index in [2.05, 4.69) is 148 Å². The van der Waals surface area contributed by atoms with E-state index in [4.69, 9.17) is 18.6 Å². The minimum Gasteiger partial charge on any atom is 0 e. The molecule has 0 aromatic carbocycles. The molecule has 2 saturated carbocycles. The molecule has 0 aliphatic heterocycles. The van der Waals surface area contributed by atoms with Crippen molar-refractivity contribution in [3.05, 3.63) is 88.8 Å². The number of hydrogen-bond donors (Lipinski definition) is 0. The fourth-order valence-electron chi connectivity index (χ4n) is 2.75. The second-order valence-electron chi connectivity index (χ2n) is 11.8. The first-order chi connectivity index (χ1) is 15.4. The normalized spacial score (nSPS) is 16.6. The molecule has 2 aliphatic carbocycles. The van der Waals surface area contributed by atoms with Gasteiger partial charge >= 0.3 is 45.2 Å². The molecule has 2 aliphatic rings. The van der Waals surface area contributed by atoms with Gasteiger partial charge in [-0.05, 0) is 83.9 Å². The summed E-state index contributed by atoms with van der Waals surface area (Å²) in [6.45, 7) is 45.1. The summed E-state index contributed by atoms with van der Waals surface area (Å²) in [5.74, 6) is 5.77. The minimum atomic E-state index is 0. The Morgan fingerprint density at radius 3 is 0.528 bits per heavy atom. The molecule has 0 atom stereocenters. The molecule has 0 aromatic heterocycles. The summed E-state index contributed by atoms with van der Waals surface area (Å²) >= 11 is 0. The van der Waals surface area contributed by atoms with Crippen LogP contribution in [0.25, 0.3) is 0 Å². The first kappa shape index (κ1) is 49.0. The Labute approximate surface area is 245 Å². The van der Waals surface area contributed by atoms with Crippen molar-refractivity contribution in [3.63, 3.8) is 0 Å². The summed E-state index contributed by atoms with van der Waals surface area (Å²) in [5, 5.41) is 0. The van der Waals surface area contributed by atoms with Crippen LogP contribution >= 0.6 is 0 Å². The van der Waals surface area contributed by atoms with E-state index in [0.717, 1.165) is 0 Å². The van der Waals surface area contributed by atoms with Crippen molar-refractivity contribution in [2.75, 3.05) is 0 Å². The van der Waals surface area contributed by atoms with Crippen LogP contribution in [0.5, 0.6) is 0 Å². The predicted molar refractivity (Wildman–Crippen MR) is 132 cm³/mol. The summed E-state index contributed by atoms with van der Waals surface area (Å²) in [5.41, 5.74) is 1.12. The fraction of sp³-hybridized carbons (Fsp3) is 0.533. The van der Waals surface area contributed by atoms with Gasteiger partial charge in [0, 0.05) is 34.1 Å². The Hall–Kier alpha value is -0.00104. The topological polar surface area (TPSA) is 79.6 Å². The zero-order chi connectivity index (χ0) is 28.6. The first-order valence-electron chi connectivity index (χ1n) is 10.8. The zero-order valence-corrected chi connectivity index (χ0v) is 26.0. The van der Waals surface area contributed by atoms with Crippen LogP contribution < -0.4 is 0 Å². The molecule has 0 saturated heterocycles. The van der Waals surface area contributed by atoms with Crippen molar-refractivity contribution in [3.8, 4) is 0 Å². The fourth-order valence-corrected chi connectivity index (χ4v) is 2.75. The van der Waals surface area contributed by atoms with Crippen molar-refractivity contribution in [2.24, 2.45) is 21.7 Å². The van der Waals surface area contributed by atoms with Gasteiger partial charge in [-0.2, -0.15) is 0 Å². The molecule has 2 fully saturated rings. The minimum absolute atomic E-state index is 0. The molecule has 0 unspecified atom stereocenters. The van der Waals surface area contributed by atoms with E-state index < -0.39 is 0 Å².